The van der Waals surface area contributed by atoms with E-state index in [1.54, 1.807) is 20.8 Å². The van der Waals surface area contributed by atoms with Gasteiger partial charge in [0.25, 0.3) is 0 Å². The SMILES string of the molecule is CCOP(=O)(OCC)C(C)(CO)S(=O)(=O)C[C@@H]1C[C@@H](OC(C)(C)O)[C@H](n2ncc3c(N(C(=O)OC(C)(C)C)C4CCCC4)nc(Cl)nc32)O1. The number of fused-ring (bicyclic) bond motifs is 1. The predicted molar refractivity (Wildman–Crippen MR) is 181 cm³/mol. The molecule has 49 heavy (non-hydrogen) atoms. The Hall–Kier alpha value is -1.95. The number of ether oxygens (including phenoxy) is 3. The van der Waals surface area contributed by atoms with Crippen LogP contribution in [0.15, 0.2) is 6.20 Å². The van der Waals surface area contributed by atoms with E-state index in [4.69, 9.17) is 34.9 Å². The third kappa shape index (κ3) is 8.58. The van der Waals surface area contributed by atoms with Crippen molar-refractivity contribution < 1.29 is 51.2 Å². The maximum absolute atomic E-state index is 13.9. The summed E-state index contributed by atoms with van der Waals surface area (Å²) in [6.07, 6.45) is 0.891. The van der Waals surface area contributed by atoms with E-state index in [9.17, 15) is 28.0 Å². The van der Waals surface area contributed by atoms with E-state index >= 15 is 0 Å². The quantitative estimate of drug-likeness (QED) is 0.149. The molecule has 1 saturated heterocycles. The molecule has 0 radical (unpaired) electrons. The molecule has 19 heteroatoms. The molecule has 1 aliphatic heterocycles. The molecule has 2 fully saturated rings. The Morgan fingerprint density at radius 1 is 1.12 bits per heavy atom. The molecule has 1 amide bonds. The molecule has 2 N–H and O–H groups in total. The summed E-state index contributed by atoms with van der Waals surface area (Å²) in [4.78, 5) is 23.9. The van der Waals surface area contributed by atoms with Gasteiger partial charge >= 0.3 is 13.7 Å². The van der Waals surface area contributed by atoms with E-state index in [0.29, 0.717) is 5.39 Å². The summed E-state index contributed by atoms with van der Waals surface area (Å²) in [5.41, 5.74) is -0.620. The molecule has 2 aromatic rings. The van der Waals surface area contributed by atoms with Gasteiger partial charge in [0.15, 0.2) is 37.8 Å². The lowest BCUT2D eigenvalue weighted by Crippen LogP contribution is -2.44. The van der Waals surface area contributed by atoms with Crippen molar-refractivity contribution in [1.82, 2.24) is 19.7 Å². The van der Waals surface area contributed by atoms with Crippen molar-refractivity contribution in [3.05, 3.63) is 11.5 Å². The predicted octanol–water partition coefficient (Wildman–Crippen LogP) is 4.95. The fourth-order valence-corrected chi connectivity index (χ4v) is 10.9. The molecule has 1 aliphatic carbocycles. The number of aliphatic hydroxyl groups is 2. The monoisotopic (exact) mass is 753 g/mol. The Bertz CT molecular complexity index is 1630. The Labute approximate surface area is 292 Å². The summed E-state index contributed by atoms with van der Waals surface area (Å²) in [7, 11) is -8.83. The minimum absolute atomic E-state index is 0.0535. The van der Waals surface area contributed by atoms with Gasteiger partial charge < -0.3 is 33.5 Å². The van der Waals surface area contributed by atoms with Gasteiger partial charge in [-0.1, -0.05) is 12.8 Å². The number of anilines is 1. The standard InChI is InChI=1S/C30H49ClN5O11PS/c1-9-43-48(40,44-10-2)30(8,18-37)49(41,42)17-20-15-22(46-29(6,7)39)25(45-20)36-24-21(16-32-36)23(33-26(31)34-24)35(19-13-11-12-14-19)27(38)47-28(3,4)5/h16,19-20,22,25,37,39H,9-15,17-18H2,1-8H3/t20-,22+,25+,30?/m0/s1. The van der Waals surface area contributed by atoms with E-state index in [-0.39, 0.29) is 42.4 Å². The van der Waals surface area contributed by atoms with Gasteiger partial charge in [-0.25, -0.2) is 17.9 Å². The van der Waals surface area contributed by atoms with Crippen LogP contribution in [0.2, 0.25) is 5.28 Å². The van der Waals surface area contributed by atoms with Gasteiger partial charge in [-0.15, -0.1) is 0 Å². The molecule has 1 unspecified atom stereocenters. The van der Waals surface area contributed by atoms with Crippen molar-refractivity contribution in [1.29, 1.82) is 0 Å². The van der Waals surface area contributed by atoms with Gasteiger partial charge in [0.1, 0.15) is 11.7 Å². The van der Waals surface area contributed by atoms with Gasteiger partial charge in [-0.2, -0.15) is 15.1 Å². The molecule has 4 atom stereocenters. The second-order valence-electron chi connectivity index (χ2n) is 13.9. The first-order valence-electron chi connectivity index (χ1n) is 16.4. The number of hydrogen-bond acceptors (Lipinski definition) is 14. The Balaban J connectivity index is 1.76. The molecule has 3 heterocycles. The van der Waals surface area contributed by atoms with E-state index in [1.807, 2.05) is 0 Å². The zero-order valence-electron chi connectivity index (χ0n) is 29.3. The van der Waals surface area contributed by atoms with E-state index in [1.165, 1.54) is 43.5 Å². The fraction of sp³-hybridized carbons (Fsp3) is 0.800. The molecular weight excluding hydrogens is 705 g/mol. The second kappa shape index (κ2) is 15.0. The molecular formula is C30H49ClN5O11PS. The molecule has 4 rings (SSSR count). The summed E-state index contributed by atoms with van der Waals surface area (Å²) in [6.45, 7) is 11.1. The zero-order chi connectivity index (χ0) is 36.6. The first-order chi connectivity index (χ1) is 22.7. The average Bonchev–Trinajstić information content (AvgIpc) is 3.71. The summed E-state index contributed by atoms with van der Waals surface area (Å²) in [5, 5.41) is 25.6. The van der Waals surface area contributed by atoms with Gasteiger partial charge in [0.2, 0.25) is 5.28 Å². The van der Waals surface area contributed by atoms with Gasteiger partial charge in [0.05, 0.1) is 43.3 Å². The van der Waals surface area contributed by atoms with Crippen LogP contribution in [-0.4, -0.2) is 104 Å². The number of halogens is 1. The number of rotatable bonds is 14. The molecule has 278 valence electrons. The van der Waals surface area contributed by atoms with Gasteiger partial charge in [0, 0.05) is 12.5 Å². The van der Waals surface area contributed by atoms with Crippen LogP contribution < -0.4 is 4.90 Å². The lowest BCUT2D eigenvalue weighted by atomic mass is 10.2. The summed E-state index contributed by atoms with van der Waals surface area (Å²) < 4.78 is 69.2. The molecule has 0 spiro atoms. The Morgan fingerprint density at radius 2 is 1.73 bits per heavy atom. The van der Waals surface area contributed by atoms with E-state index in [2.05, 4.69) is 15.1 Å². The lowest BCUT2D eigenvalue weighted by Gasteiger charge is -2.34. The van der Waals surface area contributed by atoms with Crippen LogP contribution in [0.5, 0.6) is 0 Å². The van der Waals surface area contributed by atoms with Gasteiger partial charge in [-0.3, -0.25) is 9.46 Å². The number of carbonyl (C=O) groups excluding carboxylic acids is 1. The minimum atomic E-state index is -4.46. The smallest absolute Gasteiger partial charge is 0.416 e. The number of aliphatic hydroxyl groups excluding tert-OH is 1. The highest BCUT2D eigenvalue weighted by Gasteiger charge is 2.58. The zero-order valence-corrected chi connectivity index (χ0v) is 31.8. The van der Waals surface area contributed by atoms with Crippen molar-refractivity contribution >= 4 is 52.0 Å². The summed E-state index contributed by atoms with van der Waals surface area (Å²) in [6, 6.07) is -0.207. The Kier molecular flexibility index (Phi) is 12.2. The molecule has 16 nitrogen and oxygen atoms in total. The number of nitrogens with zero attached hydrogens (tertiary/aromatic N) is 5. The largest absolute Gasteiger partial charge is 0.443 e. The minimum Gasteiger partial charge on any atom is -0.443 e. The van der Waals surface area contributed by atoms with Crippen molar-refractivity contribution in [3.8, 4) is 0 Å². The highest BCUT2D eigenvalue weighted by atomic mass is 35.5. The molecule has 0 aromatic carbocycles. The van der Waals surface area contributed by atoms with Crippen molar-refractivity contribution in [2.75, 3.05) is 30.5 Å². The Morgan fingerprint density at radius 3 is 2.27 bits per heavy atom. The van der Waals surface area contributed by atoms with E-state index < -0.39 is 70.2 Å². The number of amides is 1. The van der Waals surface area contributed by atoms with E-state index in [0.717, 1.165) is 32.6 Å². The van der Waals surface area contributed by atoms with Gasteiger partial charge in [-0.05, 0) is 79.8 Å². The summed E-state index contributed by atoms with van der Waals surface area (Å²) >= 11 is 6.46. The van der Waals surface area contributed by atoms with Crippen molar-refractivity contribution in [2.24, 2.45) is 0 Å². The summed E-state index contributed by atoms with van der Waals surface area (Å²) in [5.74, 6) is -2.18. The number of sulfone groups is 1. The second-order valence-corrected chi connectivity index (χ2v) is 19.5. The molecule has 0 bridgehead atoms. The number of hydrogen-bond donors (Lipinski definition) is 2. The molecule has 2 aliphatic rings. The third-order valence-electron chi connectivity index (χ3n) is 8.29. The number of carbonyl (C=O) groups is 1. The van der Waals surface area contributed by atoms with Crippen LogP contribution >= 0.6 is 19.2 Å². The maximum Gasteiger partial charge on any atom is 0.416 e. The van der Waals surface area contributed by atoms with Crippen molar-refractivity contribution in [2.45, 2.75) is 128 Å². The molecule has 1 saturated carbocycles. The van der Waals surface area contributed by atoms with Crippen LogP contribution in [0, 0.1) is 0 Å². The van der Waals surface area contributed by atoms with Crippen LogP contribution in [-0.2, 0) is 37.7 Å². The fourth-order valence-electron chi connectivity index (χ4n) is 6.08. The van der Waals surface area contributed by atoms with Crippen molar-refractivity contribution in [3.63, 3.8) is 0 Å². The van der Waals surface area contributed by atoms with Crippen LogP contribution in [0.25, 0.3) is 11.0 Å². The third-order valence-corrected chi connectivity index (χ3v) is 14.7. The molecule has 2 aromatic heterocycles. The normalized spacial score (nSPS) is 22.5. The topological polar surface area (TPSA) is 202 Å². The average molecular weight is 754 g/mol. The van der Waals surface area contributed by atoms with Crippen LogP contribution in [0.3, 0.4) is 0 Å². The lowest BCUT2D eigenvalue weighted by molar-refractivity contribution is -0.223. The van der Waals surface area contributed by atoms with Crippen LogP contribution in [0.1, 0.15) is 93.7 Å². The highest BCUT2D eigenvalue weighted by Crippen LogP contribution is 2.62. The van der Waals surface area contributed by atoms with Crippen LogP contribution in [0.4, 0.5) is 10.6 Å². The first-order valence-corrected chi connectivity index (χ1v) is 20.0. The maximum atomic E-state index is 13.9. The highest BCUT2D eigenvalue weighted by molar-refractivity contribution is 7.99. The number of aromatic nitrogens is 4. The first kappa shape index (κ1) is 39.8.